The lowest BCUT2D eigenvalue weighted by atomic mass is 9.93. The highest BCUT2D eigenvalue weighted by Gasteiger charge is 2.50. The number of pyridine rings is 1. The van der Waals surface area contributed by atoms with Crippen molar-refractivity contribution in [2.75, 3.05) is 11.9 Å². The van der Waals surface area contributed by atoms with Gasteiger partial charge in [0, 0.05) is 36.2 Å². The number of carbonyl (C=O) groups is 4. The minimum atomic E-state index is -5.11. The van der Waals surface area contributed by atoms with Crippen LogP contribution in [0.3, 0.4) is 0 Å². The average Bonchev–Trinajstić information content (AvgIpc) is 3.67. The van der Waals surface area contributed by atoms with E-state index in [4.69, 9.17) is 5.73 Å². The molecule has 1 aliphatic rings. The van der Waals surface area contributed by atoms with E-state index in [1.807, 2.05) is 0 Å². The molecule has 0 fully saturated rings. The molecule has 1 unspecified atom stereocenters. The summed E-state index contributed by atoms with van der Waals surface area (Å²) in [5, 5.41) is 5.80. The summed E-state index contributed by atoms with van der Waals surface area (Å²) in [4.78, 5) is 56.6. The van der Waals surface area contributed by atoms with Crippen molar-refractivity contribution in [2.24, 2.45) is 5.73 Å². The first kappa shape index (κ1) is 39.2. The standard InChI is InChI=1S/C38H28F8N6O4/c1-51(36(56)25-5-3-2-4-21(25)18-53)24-15-27(20-6-7-29(41)28(13-20)35(47)55)32(48-16-24)30(12-19-10-22(39)14-23(40)11-19)49-31(54)17-52-34-26(8-9-37(34,42)43)33(50-52)38(44,45)46/h2-7,10-11,13-16,18,30H,8-9,12,17H2,1H3,(H2,47,55)(H,49,54). The molecule has 10 nitrogen and oxygen atoms in total. The fourth-order valence-corrected chi connectivity index (χ4v) is 6.58. The zero-order chi connectivity index (χ0) is 40.7. The van der Waals surface area contributed by atoms with E-state index in [0.717, 1.165) is 35.4 Å². The fraction of sp³-hybridized carbons (Fsp3) is 0.211. The summed E-state index contributed by atoms with van der Waals surface area (Å²) in [6, 6.07) is 11.3. The quantitative estimate of drug-likeness (QED) is 0.113. The Balaban J connectivity index is 1.47. The van der Waals surface area contributed by atoms with Gasteiger partial charge in [0.2, 0.25) is 5.91 Å². The molecule has 0 spiro atoms. The monoisotopic (exact) mass is 784 g/mol. The van der Waals surface area contributed by atoms with Crippen molar-refractivity contribution in [1.82, 2.24) is 20.1 Å². The number of anilines is 1. The fourth-order valence-electron chi connectivity index (χ4n) is 6.58. The first-order chi connectivity index (χ1) is 26.4. The van der Waals surface area contributed by atoms with E-state index in [9.17, 15) is 54.3 Å². The summed E-state index contributed by atoms with van der Waals surface area (Å²) in [6.07, 6.45) is -5.54. The molecule has 3 N–H and O–H groups in total. The van der Waals surface area contributed by atoms with Crippen molar-refractivity contribution in [3.63, 3.8) is 0 Å². The molecule has 0 saturated carbocycles. The molecule has 56 heavy (non-hydrogen) atoms. The molecule has 2 aromatic heterocycles. The van der Waals surface area contributed by atoms with E-state index in [1.165, 1.54) is 37.4 Å². The molecule has 3 aromatic carbocycles. The van der Waals surface area contributed by atoms with Gasteiger partial charge in [0.25, 0.3) is 17.7 Å². The van der Waals surface area contributed by atoms with Crippen LogP contribution in [-0.2, 0) is 36.3 Å². The number of primary amides is 1. The Labute approximate surface area is 311 Å². The smallest absolute Gasteiger partial charge is 0.366 e. The Morgan fingerprint density at radius 1 is 1.00 bits per heavy atom. The molecule has 0 saturated heterocycles. The van der Waals surface area contributed by atoms with Crippen LogP contribution in [0.15, 0.2) is 72.9 Å². The van der Waals surface area contributed by atoms with Crippen LogP contribution < -0.4 is 16.0 Å². The molecule has 0 bridgehead atoms. The Bertz CT molecular complexity index is 2380. The van der Waals surface area contributed by atoms with Gasteiger partial charge in [-0.1, -0.05) is 24.3 Å². The van der Waals surface area contributed by atoms with Crippen LogP contribution in [0.25, 0.3) is 11.1 Å². The molecular formula is C38H28F8N6O4. The van der Waals surface area contributed by atoms with Crippen molar-refractivity contribution < 1.29 is 54.3 Å². The van der Waals surface area contributed by atoms with Crippen LogP contribution in [0.5, 0.6) is 0 Å². The highest BCUT2D eigenvalue weighted by Crippen LogP contribution is 2.46. The van der Waals surface area contributed by atoms with Crippen molar-refractivity contribution in [3.05, 3.63) is 135 Å². The zero-order valence-electron chi connectivity index (χ0n) is 28.9. The van der Waals surface area contributed by atoms with Gasteiger partial charge in [0.1, 0.15) is 29.7 Å². The molecule has 290 valence electrons. The van der Waals surface area contributed by atoms with Gasteiger partial charge in [-0.25, -0.2) is 13.2 Å². The van der Waals surface area contributed by atoms with Crippen molar-refractivity contribution in [2.45, 2.75) is 43.9 Å². The van der Waals surface area contributed by atoms with Crippen LogP contribution >= 0.6 is 0 Å². The number of hydrogen-bond donors (Lipinski definition) is 2. The number of halogens is 8. The Morgan fingerprint density at radius 3 is 2.36 bits per heavy atom. The molecule has 1 atom stereocenters. The van der Waals surface area contributed by atoms with Gasteiger partial charge in [0.15, 0.2) is 12.0 Å². The minimum Gasteiger partial charge on any atom is -0.366 e. The molecule has 6 rings (SSSR count). The Kier molecular flexibility index (Phi) is 10.5. The van der Waals surface area contributed by atoms with Crippen molar-refractivity contribution >= 4 is 29.7 Å². The van der Waals surface area contributed by atoms with Gasteiger partial charge in [-0.2, -0.15) is 27.1 Å². The van der Waals surface area contributed by atoms with Crippen molar-refractivity contribution in [3.8, 4) is 11.1 Å². The number of fused-ring (bicyclic) bond motifs is 1. The number of nitrogens with one attached hydrogen (secondary N) is 1. The van der Waals surface area contributed by atoms with Crippen LogP contribution in [0.1, 0.15) is 71.7 Å². The van der Waals surface area contributed by atoms with Gasteiger partial charge in [0.05, 0.1) is 34.7 Å². The van der Waals surface area contributed by atoms with Crippen LogP contribution in [-0.4, -0.2) is 45.8 Å². The number of rotatable bonds is 11. The number of amides is 3. The summed E-state index contributed by atoms with van der Waals surface area (Å²) >= 11 is 0. The lowest BCUT2D eigenvalue weighted by Gasteiger charge is -2.25. The number of nitrogens with two attached hydrogens (primary N) is 1. The third kappa shape index (κ3) is 7.85. The molecular weight excluding hydrogens is 756 g/mol. The van der Waals surface area contributed by atoms with Crippen LogP contribution in [0, 0.1) is 17.5 Å². The van der Waals surface area contributed by atoms with Gasteiger partial charge >= 0.3 is 6.18 Å². The van der Waals surface area contributed by atoms with Gasteiger partial charge in [-0.15, -0.1) is 0 Å². The zero-order valence-corrected chi connectivity index (χ0v) is 28.9. The van der Waals surface area contributed by atoms with E-state index in [2.05, 4.69) is 15.4 Å². The summed E-state index contributed by atoms with van der Waals surface area (Å²) in [7, 11) is 1.34. The third-order valence-electron chi connectivity index (χ3n) is 9.13. The molecule has 18 heteroatoms. The Hall–Kier alpha value is -6.46. The molecule has 0 radical (unpaired) electrons. The number of aromatic nitrogens is 3. The molecule has 2 heterocycles. The predicted molar refractivity (Wildman–Crippen MR) is 183 cm³/mol. The maximum absolute atomic E-state index is 14.9. The first-order valence-electron chi connectivity index (χ1n) is 16.6. The highest BCUT2D eigenvalue weighted by molar-refractivity contribution is 6.10. The second-order valence-corrected chi connectivity index (χ2v) is 12.9. The average molecular weight is 785 g/mol. The summed E-state index contributed by atoms with van der Waals surface area (Å²) < 4.78 is 115. The number of carbonyl (C=O) groups excluding carboxylic acids is 4. The number of alkyl halides is 5. The molecule has 0 aliphatic heterocycles. The van der Waals surface area contributed by atoms with E-state index >= 15 is 0 Å². The number of aldehydes is 1. The predicted octanol–water partition coefficient (Wildman–Crippen LogP) is 6.71. The maximum atomic E-state index is 14.9. The van der Waals surface area contributed by atoms with E-state index in [1.54, 1.807) is 6.07 Å². The van der Waals surface area contributed by atoms with Crippen molar-refractivity contribution in [1.29, 1.82) is 0 Å². The van der Waals surface area contributed by atoms with E-state index in [0.29, 0.717) is 12.4 Å². The number of benzene rings is 3. The summed E-state index contributed by atoms with van der Waals surface area (Å²) in [6.45, 7) is -1.15. The second-order valence-electron chi connectivity index (χ2n) is 12.9. The largest absolute Gasteiger partial charge is 0.435 e. The van der Waals surface area contributed by atoms with Crippen LogP contribution in [0.2, 0.25) is 0 Å². The first-order valence-corrected chi connectivity index (χ1v) is 16.6. The lowest BCUT2D eigenvalue weighted by molar-refractivity contribution is -0.142. The lowest BCUT2D eigenvalue weighted by Crippen LogP contribution is -2.35. The maximum Gasteiger partial charge on any atom is 0.435 e. The molecule has 1 aliphatic carbocycles. The van der Waals surface area contributed by atoms with E-state index < -0.39 is 102 Å². The van der Waals surface area contributed by atoms with Gasteiger partial charge in [-0.05, 0) is 60.4 Å². The molecule has 5 aromatic rings. The number of nitrogens with zero attached hydrogens (tertiary/aromatic N) is 4. The highest BCUT2D eigenvalue weighted by atomic mass is 19.4. The van der Waals surface area contributed by atoms with Gasteiger partial charge in [-0.3, -0.25) is 28.8 Å². The summed E-state index contributed by atoms with van der Waals surface area (Å²) in [5.41, 5.74) is 1.34. The normalized spacial score (nSPS) is 13.9. The topological polar surface area (TPSA) is 140 Å². The SMILES string of the molecule is CN(C(=O)c1ccccc1C=O)c1cnc(C(Cc2cc(F)cc(F)c2)NC(=O)Cn2nc(C(F)(F)F)c3c2C(F)(F)CC3)c(-c2ccc(F)c(C(N)=O)c2)c1. The second kappa shape index (κ2) is 15.0. The number of hydrogen-bond acceptors (Lipinski definition) is 6. The minimum absolute atomic E-state index is 0.0102. The van der Waals surface area contributed by atoms with E-state index in [-0.39, 0.29) is 43.9 Å². The van der Waals surface area contributed by atoms with Gasteiger partial charge < -0.3 is 16.0 Å². The third-order valence-corrected chi connectivity index (χ3v) is 9.13. The van der Waals surface area contributed by atoms with Crippen LogP contribution in [0.4, 0.5) is 40.8 Å². The molecule has 3 amide bonds. The summed E-state index contributed by atoms with van der Waals surface area (Å²) in [5.74, 6) is -9.79. The Morgan fingerprint density at radius 2 is 1.70 bits per heavy atom.